The highest BCUT2D eigenvalue weighted by Gasteiger charge is 2.32. The summed E-state index contributed by atoms with van der Waals surface area (Å²) in [6, 6.07) is 9.05. The molecule has 0 aliphatic carbocycles. The quantitative estimate of drug-likeness (QED) is 0.489. The van der Waals surface area contributed by atoms with Crippen molar-refractivity contribution in [3.8, 4) is 0 Å². The van der Waals surface area contributed by atoms with Crippen LogP contribution in [0, 0.1) is 5.82 Å². The molecule has 11 heteroatoms. The summed E-state index contributed by atoms with van der Waals surface area (Å²) in [6.07, 6.45) is 2.13. The van der Waals surface area contributed by atoms with Crippen LogP contribution in [0.5, 0.6) is 0 Å². The minimum atomic E-state index is -2.83. The summed E-state index contributed by atoms with van der Waals surface area (Å²) >= 11 is 0. The molecule has 0 amide bonds. The van der Waals surface area contributed by atoms with E-state index >= 15 is 0 Å². The van der Waals surface area contributed by atoms with Gasteiger partial charge in [0.1, 0.15) is 17.7 Å². The van der Waals surface area contributed by atoms with Gasteiger partial charge in [-0.15, -0.1) is 0 Å². The zero-order chi connectivity index (χ0) is 27.0. The van der Waals surface area contributed by atoms with E-state index in [2.05, 4.69) is 25.3 Å². The van der Waals surface area contributed by atoms with Crippen LogP contribution in [0.3, 0.4) is 0 Å². The van der Waals surface area contributed by atoms with Crippen molar-refractivity contribution in [2.24, 2.45) is 10.7 Å². The third kappa shape index (κ3) is 4.72. The normalized spacial score (nSPS) is 18.1. The molecule has 8 nitrogen and oxygen atoms in total. The van der Waals surface area contributed by atoms with E-state index in [9.17, 15) is 18.0 Å². The van der Waals surface area contributed by atoms with Crippen LogP contribution in [0.1, 0.15) is 48.6 Å². The number of pyridine rings is 1. The molecule has 1 aromatic carbocycles. The molecule has 1 atom stereocenters. The maximum atomic E-state index is 14.0. The lowest BCUT2D eigenvalue weighted by atomic mass is 9.98. The molecule has 0 saturated carbocycles. The molecule has 0 bridgehead atoms. The molecule has 2 aliphatic rings. The number of rotatable bonds is 5. The number of nitrogens with zero attached hydrogens (tertiary/aromatic N) is 5. The van der Waals surface area contributed by atoms with E-state index < -0.39 is 23.5 Å². The molecule has 3 aromatic rings. The number of nitrogens with one attached hydrogen (secondary N) is 1. The Bertz CT molecular complexity index is 1540. The Labute approximate surface area is 217 Å². The van der Waals surface area contributed by atoms with Gasteiger partial charge < -0.3 is 5.73 Å². The highest BCUT2D eigenvalue weighted by atomic mass is 19.3. The first-order valence-corrected chi connectivity index (χ1v) is 12.1. The summed E-state index contributed by atoms with van der Waals surface area (Å²) in [5, 5.41) is 0. The van der Waals surface area contributed by atoms with Crippen molar-refractivity contribution in [2.75, 3.05) is 12.0 Å². The van der Waals surface area contributed by atoms with Crippen LogP contribution >= 0.6 is 0 Å². The number of fused-ring (bicyclic) bond motifs is 2. The summed E-state index contributed by atoms with van der Waals surface area (Å²) < 4.78 is 41.6. The van der Waals surface area contributed by atoms with Crippen LogP contribution < -0.4 is 16.7 Å². The third-order valence-electron chi connectivity index (χ3n) is 6.89. The van der Waals surface area contributed by atoms with Gasteiger partial charge in [-0.3, -0.25) is 25.1 Å². The molecule has 1 unspecified atom stereocenters. The highest BCUT2D eigenvalue weighted by Crippen LogP contribution is 2.30. The molecule has 4 heterocycles. The lowest BCUT2D eigenvalue weighted by Gasteiger charge is -2.40. The van der Waals surface area contributed by atoms with E-state index in [1.54, 1.807) is 31.3 Å². The molecule has 0 saturated heterocycles. The summed E-state index contributed by atoms with van der Waals surface area (Å²) in [7, 11) is 0. The van der Waals surface area contributed by atoms with E-state index in [0.717, 1.165) is 28.5 Å². The number of aliphatic imine (C=N–C) groups is 1. The predicted octanol–water partition coefficient (Wildman–Crippen LogP) is 4.15. The van der Waals surface area contributed by atoms with Gasteiger partial charge in [0.15, 0.2) is 5.82 Å². The SMILES string of the molecule is CC1=C(C)C(N2CCc3ncc(/C(C=Nc4ccccc4F)=C/N)cc3C2)Nn2c1nc(C(F)F)cc2=O. The second-order valence-electron chi connectivity index (χ2n) is 9.20. The summed E-state index contributed by atoms with van der Waals surface area (Å²) in [6.45, 7) is 4.87. The lowest BCUT2D eigenvalue weighted by molar-refractivity contribution is 0.145. The van der Waals surface area contributed by atoms with Crippen molar-refractivity contribution in [3.05, 3.63) is 98.9 Å². The zero-order valence-corrected chi connectivity index (χ0v) is 20.8. The van der Waals surface area contributed by atoms with Crippen molar-refractivity contribution in [1.29, 1.82) is 0 Å². The van der Waals surface area contributed by atoms with Gasteiger partial charge in [0, 0.05) is 61.0 Å². The van der Waals surface area contributed by atoms with Gasteiger partial charge in [0.05, 0.1) is 5.69 Å². The molecule has 2 aromatic heterocycles. The number of nitrogens with two attached hydrogens (primary N) is 1. The minimum Gasteiger partial charge on any atom is -0.404 e. The molecule has 0 spiro atoms. The number of halogens is 3. The first-order valence-electron chi connectivity index (χ1n) is 12.1. The highest BCUT2D eigenvalue weighted by molar-refractivity contribution is 6.10. The van der Waals surface area contributed by atoms with Crippen LogP contribution in [-0.4, -0.2) is 38.5 Å². The Morgan fingerprint density at radius 1 is 1.26 bits per heavy atom. The van der Waals surface area contributed by atoms with Gasteiger partial charge in [0.25, 0.3) is 12.0 Å². The first kappa shape index (κ1) is 25.4. The maximum Gasteiger partial charge on any atom is 0.280 e. The van der Waals surface area contributed by atoms with Crippen molar-refractivity contribution < 1.29 is 13.2 Å². The Kier molecular flexibility index (Phi) is 6.85. The number of hydrogen-bond acceptors (Lipinski definition) is 7. The van der Waals surface area contributed by atoms with Gasteiger partial charge in [-0.2, -0.15) is 0 Å². The fraction of sp³-hybridized carbons (Fsp3) is 0.259. The van der Waals surface area contributed by atoms with E-state index in [1.165, 1.54) is 23.2 Å². The van der Waals surface area contributed by atoms with Gasteiger partial charge in [-0.25, -0.2) is 22.8 Å². The average molecular weight is 522 g/mol. The predicted molar refractivity (Wildman–Crippen MR) is 140 cm³/mol. The summed E-state index contributed by atoms with van der Waals surface area (Å²) in [4.78, 5) is 27.7. The average Bonchev–Trinajstić information content (AvgIpc) is 2.91. The van der Waals surface area contributed by atoms with Crippen LogP contribution in [0.15, 0.2) is 64.2 Å². The fourth-order valence-electron chi connectivity index (χ4n) is 4.68. The van der Waals surface area contributed by atoms with Crippen LogP contribution in [0.25, 0.3) is 11.1 Å². The van der Waals surface area contributed by atoms with Gasteiger partial charge >= 0.3 is 0 Å². The minimum absolute atomic E-state index is 0.190. The Balaban J connectivity index is 1.41. The fourth-order valence-corrected chi connectivity index (χ4v) is 4.68. The molecule has 0 fully saturated rings. The summed E-state index contributed by atoms with van der Waals surface area (Å²) in [5.74, 6) is -0.242. The molecular formula is C27H26F3N7O. The number of allylic oxidation sites excluding steroid dienone is 2. The van der Waals surface area contributed by atoms with E-state index in [-0.39, 0.29) is 17.7 Å². The Morgan fingerprint density at radius 3 is 2.79 bits per heavy atom. The molecule has 0 radical (unpaired) electrons. The molecule has 2 aliphatic heterocycles. The van der Waals surface area contributed by atoms with Gasteiger partial charge in [-0.1, -0.05) is 12.1 Å². The number of hydrogen-bond donors (Lipinski definition) is 2. The zero-order valence-electron chi connectivity index (χ0n) is 20.8. The Morgan fingerprint density at radius 2 is 2.05 bits per heavy atom. The van der Waals surface area contributed by atoms with E-state index in [4.69, 9.17) is 5.73 Å². The molecular weight excluding hydrogens is 495 g/mol. The summed E-state index contributed by atoms with van der Waals surface area (Å²) in [5.41, 5.74) is 12.9. The molecule has 5 rings (SSSR count). The smallest absolute Gasteiger partial charge is 0.280 e. The van der Waals surface area contributed by atoms with Crippen molar-refractivity contribution in [3.63, 3.8) is 0 Å². The van der Waals surface area contributed by atoms with Crippen LogP contribution in [-0.2, 0) is 13.0 Å². The van der Waals surface area contributed by atoms with Gasteiger partial charge in [-0.05, 0) is 48.8 Å². The second-order valence-corrected chi connectivity index (χ2v) is 9.20. The maximum absolute atomic E-state index is 14.0. The van der Waals surface area contributed by atoms with Crippen LogP contribution in [0.4, 0.5) is 18.9 Å². The standard InChI is InChI=1S/C27H26F3N7O/c1-15-16(2)27(35-37-24(38)10-23(25(29)30)34-26(15)37)36-8-7-21-18(14-36)9-17(12-32-21)19(11-31)13-33-22-6-4-3-5-20(22)28/h3-6,9-13,25,27,35H,7-8,14,31H2,1-2H3/b19-11+,33-13?. The van der Waals surface area contributed by atoms with Gasteiger partial charge in [0.2, 0.25) is 0 Å². The topological polar surface area (TPSA) is 101 Å². The van der Waals surface area contributed by atoms with Crippen LogP contribution in [0.2, 0.25) is 0 Å². The van der Waals surface area contributed by atoms with E-state index in [0.29, 0.717) is 30.7 Å². The van der Waals surface area contributed by atoms with Crippen molar-refractivity contribution in [1.82, 2.24) is 19.5 Å². The molecule has 38 heavy (non-hydrogen) atoms. The van der Waals surface area contributed by atoms with Crippen molar-refractivity contribution >= 4 is 23.0 Å². The lowest BCUT2D eigenvalue weighted by Crippen LogP contribution is -2.52. The number of benzene rings is 1. The first-order chi connectivity index (χ1) is 18.3. The largest absolute Gasteiger partial charge is 0.404 e. The molecule has 196 valence electrons. The Hall–Kier alpha value is -4.25. The third-order valence-corrected chi connectivity index (χ3v) is 6.89. The number of aromatic nitrogens is 3. The molecule has 3 N–H and O–H groups in total. The number of para-hydroxylation sites is 1. The van der Waals surface area contributed by atoms with E-state index in [1.807, 2.05) is 13.0 Å². The number of alkyl halides is 2. The second kappa shape index (κ2) is 10.3. The monoisotopic (exact) mass is 521 g/mol. The van der Waals surface area contributed by atoms with Crippen molar-refractivity contribution in [2.45, 2.75) is 39.4 Å².